The number of hydrogen-bond donors (Lipinski definition) is 0. The van der Waals surface area contributed by atoms with Crippen LogP contribution in [0.3, 0.4) is 0 Å². The van der Waals surface area contributed by atoms with Gasteiger partial charge in [-0.05, 0) is 25.0 Å². The Balaban J connectivity index is 1.66. The van der Waals surface area contributed by atoms with Crippen LogP contribution in [0.1, 0.15) is 45.7 Å². The van der Waals surface area contributed by atoms with E-state index in [4.69, 9.17) is 42.6 Å². The number of hydrogen-bond acceptors (Lipinski definition) is 12. The second-order valence-electron chi connectivity index (χ2n) is 11.4. The molecular weight excluding hydrogens is 612 g/mol. The van der Waals surface area contributed by atoms with E-state index in [-0.39, 0.29) is 19.8 Å². The first-order valence-electron chi connectivity index (χ1n) is 15.6. The quantitative estimate of drug-likeness (QED) is 0.156. The summed E-state index contributed by atoms with van der Waals surface area (Å²) in [6.45, 7) is 11.5. The molecule has 0 saturated carbocycles. The number of carbonyl (C=O) groups excluding carboxylic acids is 3. The first kappa shape index (κ1) is 36.2. The molecule has 2 aliphatic heterocycles. The smallest absolute Gasteiger partial charge is 0.305 e. The van der Waals surface area contributed by atoms with E-state index in [9.17, 15) is 14.4 Å². The Morgan fingerprint density at radius 2 is 1.30 bits per heavy atom. The Morgan fingerprint density at radius 1 is 0.723 bits per heavy atom. The molecule has 12 nitrogen and oxygen atoms in total. The zero-order chi connectivity index (χ0) is 33.9. The summed E-state index contributed by atoms with van der Waals surface area (Å²) in [5.74, 6) is -1.76. The van der Waals surface area contributed by atoms with Crippen LogP contribution >= 0.6 is 0 Å². The van der Waals surface area contributed by atoms with Crippen molar-refractivity contribution in [1.82, 2.24) is 0 Å². The highest BCUT2D eigenvalue weighted by atomic mass is 16.8. The van der Waals surface area contributed by atoms with Crippen molar-refractivity contribution in [2.45, 2.75) is 109 Å². The molecule has 0 radical (unpaired) electrons. The molecular formula is C35H44O12. The van der Waals surface area contributed by atoms with Crippen molar-refractivity contribution >= 4 is 17.9 Å². The molecule has 4 rings (SSSR count). The van der Waals surface area contributed by atoms with E-state index in [0.29, 0.717) is 0 Å². The van der Waals surface area contributed by atoms with Crippen molar-refractivity contribution in [3.63, 3.8) is 0 Å². The average Bonchev–Trinajstić information content (AvgIpc) is 3.36. The van der Waals surface area contributed by atoms with Crippen LogP contribution in [-0.2, 0) is 70.2 Å². The molecule has 12 heteroatoms. The van der Waals surface area contributed by atoms with Gasteiger partial charge in [0.1, 0.15) is 36.6 Å². The lowest BCUT2D eigenvalue weighted by atomic mass is 9.98. The summed E-state index contributed by atoms with van der Waals surface area (Å²) in [6, 6.07) is 19.0. The van der Waals surface area contributed by atoms with Gasteiger partial charge in [0.05, 0.1) is 25.9 Å². The molecule has 2 aliphatic rings. The Kier molecular flexibility index (Phi) is 13.5. The summed E-state index contributed by atoms with van der Waals surface area (Å²) >= 11 is 0. The number of benzene rings is 2. The van der Waals surface area contributed by atoms with Gasteiger partial charge >= 0.3 is 17.9 Å². The fraction of sp³-hybridized carbons (Fsp3) is 0.514. The van der Waals surface area contributed by atoms with E-state index < -0.39 is 79.3 Å². The van der Waals surface area contributed by atoms with Crippen LogP contribution in [-0.4, -0.2) is 85.9 Å². The Morgan fingerprint density at radius 3 is 1.83 bits per heavy atom. The van der Waals surface area contributed by atoms with Crippen molar-refractivity contribution in [3.8, 4) is 0 Å². The molecule has 0 N–H and O–H groups in total. The van der Waals surface area contributed by atoms with Gasteiger partial charge in [-0.2, -0.15) is 0 Å². The molecule has 2 saturated heterocycles. The van der Waals surface area contributed by atoms with Crippen LogP contribution in [0.4, 0.5) is 0 Å². The van der Waals surface area contributed by atoms with Crippen LogP contribution in [0.15, 0.2) is 73.3 Å². The van der Waals surface area contributed by atoms with Gasteiger partial charge in [0.2, 0.25) is 6.29 Å². The third kappa shape index (κ3) is 10.2. The summed E-state index contributed by atoms with van der Waals surface area (Å²) in [4.78, 5) is 36.5. The normalized spacial score (nSPS) is 29.4. The predicted octanol–water partition coefficient (Wildman–Crippen LogP) is 4.03. The van der Waals surface area contributed by atoms with Crippen LogP contribution in [0.2, 0.25) is 0 Å². The number of rotatable bonds is 15. The van der Waals surface area contributed by atoms with Crippen LogP contribution in [0, 0.1) is 0 Å². The summed E-state index contributed by atoms with van der Waals surface area (Å²) in [6.07, 6.45) is -7.96. The third-order valence-corrected chi connectivity index (χ3v) is 7.60. The highest BCUT2D eigenvalue weighted by Crippen LogP contribution is 2.36. The topological polar surface area (TPSA) is 134 Å². The lowest BCUT2D eigenvalue weighted by Gasteiger charge is -2.45. The standard InChI is InChI=1S/C35H44O12/c1-7-18-39-30-28(40-19-26-14-10-8-11-15-26)21(2)43-35(33(30)44-24(5)37)47-31-29(22(3)42-23(4)36)46-34(45-25(6)38)32(31)41-20-27-16-12-9-13-17-27/h7-17,21-22,28-35H,1,18-20H2,2-6H3/t21-,22+,28+,29+,30+,31-,32-,33-,34-,35+/m0/s1. The Labute approximate surface area is 275 Å². The number of carbonyl (C=O) groups is 3. The lowest BCUT2D eigenvalue weighted by molar-refractivity contribution is -0.326. The van der Waals surface area contributed by atoms with Gasteiger partial charge < -0.3 is 42.6 Å². The molecule has 0 spiro atoms. The molecule has 0 bridgehead atoms. The second kappa shape index (κ2) is 17.5. The van der Waals surface area contributed by atoms with Gasteiger partial charge in [-0.25, -0.2) is 0 Å². The number of esters is 3. The van der Waals surface area contributed by atoms with E-state index in [1.54, 1.807) is 19.9 Å². The van der Waals surface area contributed by atoms with Gasteiger partial charge in [-0.3, -0.25) is 14.4 Å². The average molecular weight is 657 g/mol. The molecule has 256 valence electrons. The van der Waals surface area contributed by atoms with Crippen molar-refractivity contribution in [2.75, 3.05) is 6.61 Å². The predicted molar refractivity (Wildman–Crippen MR) is 166 cm³/mol. The Hall–Kier alpha value is -3.65. The summed E-state index contributed by atoms with van der Waals surface area (Å²) in [5.41, 5.74) is 1.78. The fourth-order valence-corrected chi connectivity index (χ4v) is 5.63. The van der Waals surface area contributed by atoms with Gasteiger partial charge in [0.15, 0.2) is 12.4 Å². The molecule has 47 heavy (non-hydrogen) atoms. The first-order valence-corrected chi connectivity index (χ1v) is 15.6. The van der Waals surface area contributed by atoms with E-state index in [0.717, 1.165) is 11.1 Å². The minimum atomic E-state index is -1.22. The van der Waals surface area contributed by atoms with Crippen LogP contribution in [0.5, 0.6) is 0 Å². The summed E-state index contributed by atoms with van der Waals surface area (Å²) in [5, 5.41) is 0. The largest absolute Gasteiger partial charge is 0.460 e. The zero-order valence-electron chi connectivity index (χ0n) is 27.4. The van der Waals surface area contributed by atoms with Crippen LogP contribution in [0.25, 0.3) is 0 Å². The maximum atomic E-state index is 12.5. The maximum absolute atomic E-state index is 12.5. The molecule has 2 fully saturated rings. The third-order valence-electron chi connectivity index (χ3n) is 7.60. The second-order valence-corrected chi connectivity index (χ2v) is 11.4. The molecule has 0 unspecified atom stereocenters. The highest BCUT2D eigenvalue weighted by molar-refractivity contribution is 5.67. The van der Waals surface area contributed by atoms with Gasteiger partial charge in [-0.1, -0.05) is 66.7 Å². The maximum Gasteiger partial charge on any atom is 0.305 e. The van der Waals surface area contributed by atoms with Crippen molar-refractivity contribution in [3.05, 3.63) is 84.4 Å². The van der Waals surface area contributed by atoms with E-state index in [1.165, 1.54) is 20.8 Å². The first-order chi connectivity index (χ1) is 22.6. The van der Waals surface area contributed by atoms with Gasteiger partial charge in [0.25, 0.3) is 0 Å². The molecule has 0 aromatic heterocycles. The number of ether oxygens (including phenoxy) is 9. The van der Waals surface area contributed by atoms with Crippen LogP contribution < -0.4 is 0 Å². The lowest BCUT2D eigenvalue weighted by Crippen LogP contribution is -2.62. The fourth-order valence-electron chi connectivity index (χ4n) is 5.63. The van der Waals surface area contributed by atoms with Crippen molar-refractivity contribution < 1.29 is 57.0 Å². The Bertz CT molecular complexity index is 1300. The van der Waals surface area contributed by atoms with Gasteiger partial charge in [-0.15, -0.1) is 6.58 Å². The summed E-state index contributed by atoms with van der Waals surface area (Å²) in [7, 11) is 0. The zero-order valence-corrected chi connectivity index (χ0v) is 27.4. The molecule has 0 aliphatic carbocycles. The molecule has 2 heterocycles. The van der Waals surface area contributed by atoms with E-state index in [2.05, 4.69) is 6.58 Å². The SMILES string of the molecule is C=CCO[C@H]1[C@H](OC(C)=O)[C@@H](O[C@@H]2[C@H](OCc3ccccc3)[C@@H](OC(C)=O)O[C@@H]2[C@@H](C)OC(C)=O)O[C@@H](C)[C@H]1OCc1ccccc1. The molecule has 2 aromatic rings. The highest BCUT2D eigenvalue weighted by Gasteiger charge is 2.56. The van der Waals surface area contributed by atoms with E-state index >= 15 is 0 Å². The molecule has 10 atom stereocenters. The monoisotopic (exact) mass is 656 g/mol. The van der Waals surface area contributed by atoms with Crippen molar-refractivity contribution in [2.24, 2.45) is 0 Å². The molecule has 2 aromatic carbocycles. The van der Waals surface area contributed by atoms with Gasteiger partial charge in [0, 0.05) is 20.8 Å². The van der Waals surface area contributed by atoms with E-state index in [1.807, 2.05) is 60.7 Å². The minimum absolute atomic E-state index is 0.122. The summed E-state index contributed by atoms with van der Waals surface area (Å²) < 4.78 is 54.6. The molecule has 0 amide bonds. The minimum Gasteiger partial charge on any atom is -0.460 e. The van der Waals surface area contributed by atoms with Crippen molar-refractivity contribution in [1.29, 1.82) is 0 Å².